The Morgan fingerprint density at radius 1 is 1.29 bits per heavy atom. The lowest BCUT2D eigenvalue weighted by Crippen LogP contribution is -2.41. The summed E-state index contributed by atoms with van der Waals surface area (Å²) in [4.78, 5) is 28.5. The Morgan fingerprint density at radius 2 is 2.05 bits per heavy atom. The molecule has 112 valence electrons. The summed E-state index contributed by atoms with van der Waals surface area (Å²) < 4.78 is 0. The molecule has 2 amide bonds. The van der Waals surface area contributed by atoms with Crippen molar-refractivity contribution in [1.29, 1.82) is 0 Å². The van der Waals surface area contributed by atoms with Gasteiger partial charge < -0.3 is 9.80 Å². The van der Waals surface area contributed by atoms with Gasteiger partial charge in [0.25, 0.3) is 0 Å². The van der Waals surface area contributed by atoms with E-state index in [4.69, 9.17) is 0 Å². The van der Waals surface area contributed by atoms with Crippen LogP contribution in [0.25, 0.3) is 0 Å². The number of para-hydroxylation sites is 1. The van der Waals surface area contributed by atoms with Crippen LogP contribution in [0.1, 0.15) is 32.3 Å². The van der Waals surface area contributed by atoms with Crippen molar-refractivity contribution in [2.75, 3.05) is 18.0 Å². The van der Waals surface area contributed by atoms with Crippen LogP contribution in [0.3, 0.4) is 0 Å². The Morgan fingerprint density at radius 3 is 2.76 bits per heavy atom. The summed E-state index contributed by atoms with van der Waals surface area (Å²) in [6, 6.07) is 8.28. The maximum absolute atomic E-state index is 12.8. The second-order valence-corrected chi connectivity index (χ2v) is 6.26. The van der Waals surface area contributed by atoms with E-state index < -0.39 is 0 Å². The van der Waals surface area contributed by atoms with Crippen molar-refractivity contribution in [3.63, 3.8) is 0 Å². The first-order valence-electron chi connectivity index (χ1n) is 7.76. The largest absolute Gasteiger partial charge is 0.339 e. The smallest absolute Gasteiger partial charge is 0.232 e. The lowest BCUT2D eigenvalue weighted by atomic mass is 9.99. The molecule has 0 aromatic heterocycles. The van der Waals surface area contributed by atoms with Gasteiger partial charge in [-0.2, -0.15) is 0 Å². The first-order valence-corrected chi connectivity index (χ1v) is 7.76. The number of carbonyl (C=O) groups is 2. The maximum atomic E-state index is 12.8. The molecule has 1 saturated heterocycles. The summed E-state index contributed by atoms with van der Waals surface area (Å²) in [5.41, 5.74) is 2.27. The van der Waals surface area contributed by atoms with E-state index in [0.717, 1.165) is 25.1 Å². The number of rotatable bonds is 2. The SMILES string of the molecule is CC(C)N1C[C@@H](C(=O)N2CCCc3ccccc32)CC1=O. The quantitative estimate of drug-likeness (QED) is 0.836. The Balaban J connectivity index is 1.80. The van der Waals surface area contributed by atoms with E-state index in [0.29, 0.717) is 13.0 Å². The third-order valence-electron chi connectivity index (χ3n) is 4.51. The summed E-state index contributed by atoms with van der Waals surface area (Å²) in [7, 11) is 0. The molecule has 0 spiro atoms. The van der Waals surface area contributed by atoms with Gasteiger partial charge in [0.15, 0.2) is 0 Å². The molecule has 0 radical (unpaired) electrons. The van der Waals surface area contributed by atoms with E-state index in [1.807, 2.05) is 41.8 Å². The number of benzene rings is 1. The predicted octanol–water partition coefficient (Wildman–Crippen LogP) is 2.22. The normalized spacial score (nSPS) is 21.9. The molecular formula is C17H22N2O2. The first-order chi connectivity index (χ1) is 10.1. The molecule has 0 N–H and O–H groups in total. The molecule has 0 saturated carbocycles. The Labute approximate surface area is 125 Å². The number of carbonyl (C=O) groups excluding carboxylic acids is 2. The number of amides is 2. The third-order valence-corrected chi connectivity index (χ3v) is 4.51. The number of aryl methyl sites for hydroxylation is 1. The van der Waals surface area contributed by atoms with Gasteiger partial charge in [0.2, 0.25) is 11.8 Å². The highest BCUT2D eigenvalue weighted by atomic mass is 16.2. The number of hydrogen-bond donors (Lipinski definition) is 0. The van der Waals surface area contributed by atoms with Gasteiger partial charge in [-0.3, -0.25) is 9.59 Å². The van der Waals surface area contributed by atoms with E-state index in [1.165, 1.54) is 5.56 Å². The molecule has 0 aliphatic carbocycles. The summed E-state index contributed by atoms with van der Waals surface area (Å²) in [6.07, 6.45) is 2.38. The van der Waals surface area contributed by atoms with E-state index in [2.05, 4.69) is 6.07 Å². The Bertz CT molecular complexity index is 568. The van der Waals surface area contributed by atoms with Crippen molar-refractivity contribution in [3.05, 3.63) is 29.8 Å². The van der Waals surface area contributed by atoms with Crippen LogP contribution in [-0.2, 0) is 16.0 Å². The molecule has 4 heteroatoms. The van der Waals surface area contributed by atoms with Crippen LogP contribution in [0.4, 0.5) is 5.69 Å². The number of likely N-dealkylation sites (tertiary alicyclic amines) is 1. The van der Waals surface area contributed by atoms with E-state index in [-0.39, 0.29) is 23.8 Å². The highest BCUT2D eigenvalue weighted by Crippen LogP contribution is 2.30. The van der Waals surface area contributed by atoms with Crippen LogP contribution in [0.2, 0.25) is 0 Å². The highest BCUT2D eigenvalue weighted by Gasteiger charge is 2.38. The molecule has 0 bridgehead atoms. The lowest BCUT2D eigenvalue weighted by Gasteiger charge is -2.31. The Kier molecular flexibility index (Phi) is 3.70. The molecule has 1 fully saturated rings. The number of anilines is 1. The summed E-state index contributed by atoms with van der Waals surface area (Å²) >= 11 is 0. The van der Waals surface area contributed by atoms with Gasteiger partial charge in [-0.25, -0.2) is 0 Å². The van der Waals surface area contributed by atoms with Gasteiger partial charge in [-0.15, -0.1) is 0 Å². The summed E-state index contributed by atoms with van der Waals surface area (Å²) in [6.45, 7) is 5.33. The molecule has 0 unspecified atom stereocenters. The minimum Gasteiger partial charge on any atom is -0.339 e. The highest BCUT2D eigenvalue weighted by molar-refractivity contribution is 5.99. The predicted molar refractivity (Wildman–Crippen MR) is 82.1 cm³/mol. The zero-order chi connectivity index (χ0) is 15.0. The van der Waals surface area contributed by atoms with Crippen molar-refractivity contribution in [2.24, 2.45) is 5.92 Å². The van der Waals surface area contributed by atoms with Crippen LogP contribution in [-0.4, -0.2) is 35.8 Å². The fourth-order valence-corrected chi connectivity index (χ4v) is 3.38. The van der Waals surface area contributed by atoms with Crippen LogP contribution in [0.5, 0.6) is 0 Å². The number of hydrogen-bond acceptors (Lipinski definition) is 2. The Hall–Kier alpha value is -1.84. The van der Waals surface area contributed by atoms with Crippen molar-refractivity contribution in [2.45, 2.75) is 39.2 Å². The van der Waals surface area contributed by atoms with Gasteiger partial charge in [-0.05, 0) is 38.3 Å². The van der Waals surface area contributed by atoms with Crippen molar-refractivity contribution >= 4 is 17.5 Å². The zero-order valence-electron chi connectivity index (χ0n) is 12.7. The average Bonchev–Trinajstić information content (AvgIpc) is 2.88. The fraction of sp³-hybridized carbons (Fsp3) is 0.529. The molecule has 1 aromatic rings. The summed E-state index contributed by atoms with van der Waals surface area (Å²) in [5.74, 6) is 0.0263. The van der Waals surface area contributed by atoms with Crippen LogP contribution < -0.4 is 4.90 Å². The van der Waals surface area contributed by atoms with E-state index >= 15 is 0 Å². The third kappa shape index (κ3) is 2.55. The number of nitrogens with zero attached hydrogens (tertiary/aromatic N) is 2. The van der Waals surface area contributed by atoms with Gasteiger partial charge in [0, 0.05) is 31.2 Å². The van der Waals surface area contributed by atoms with Crippen molar-refractivity contribution < 1.29 is 9.59 Å². The number of fused-ring (bicyclic) bond motifs is 1. The monoisotopic (exact) mass is 286 g/mol. The molecule has 3 rings (SSSR count). The molecule has 21 heavy (non-hydrogen) atoms. The van der Waals surface area contributed by atoms with Crippen LogP contribution in [0.15, 0.2) is 24.3 Å². The first kappa shape index (κ1) is 14.1. The molecule has 2 aliphatic heterocycles. The minimum atomic E-state index is -0.189. The molecule has 2 heterocycles. The van der Waals surface area contributed by atoms with Gasteiger partial charge in [0.1, 0.15) is 0 Å². The molecule has 4 nitrogen and oxygen atoms in total. The molecular weight excluding hydrogens is 264 g/mol. The topological polar surface area (TPSA) is 40.6 Å². The maximum Gasteiger partial charge on any atom is 0.232 e. The minimum absolute atomic E-state index is 0.105. The lowest BCUT2D eigenvalue weighted by molar-refractivity contribution is -0.129. The van der Waals surface area contributed by atoms with Gasteiger partial charge >= 0.3 is 0 Å². The van der Waals surface area contributed by atoms with Crippen molar-refractivity contribution in [1.82, 2.24) is 4.90 Å². The van der Waals surface area contributed by atoms with Crippen molar-refractivity contribution in [3.8, 4) is 0 Å². The van der Waals surface area contributed by atoms with E-state index in [9.17, 15) is 9.59 Å². The van der Waals surface area contributed by atoms with Gasteiger partial charge in [0.05, 0.1) is 5.92 Å². The second-order valence-electron chi connectivity index (χ2n) is 6.26. The van der Waals surface area contributed by atoms with Gasteiger partial charge in [-0.1, -0.05) is 18.2 Å². The molecule has 1 atom stereocenters. The molecule has 1 aromatic carbocycles. The second kappa shape index (κ2) is 5.51. The van der Waals surface area contributed by atoms with Crippen LogP contribution >= 0.6 is 0 Å². The summed E-state index contributed by atoms with van der Waals surface area (Å²) in [5, 5.41) is 0. The average molecular weight is 286 g/mol. The van der Waals surface area contributed by atoms with E-state index in [1.54, 1.807) is 0 Å². The molecule has 2 aliphatic rings. The standard InChI is InChI=1S/C17H22N2O2/c1-12(2)19-11-14(10-16(19)20)17(21)18-9-5-7-13-6-3-4-8-15(13)18/h3-4,6,8,12,14H,5,7,9-11H2,1-2H3/t14-/m0/s1. The fourth-order valence-electron chi connectivity index (χ4n) is 3.38. The van der Waals surface area contributed by atoms with Crippen LogP contribution in [0, 0.1) is 5.92 Å². The zero-order valence-corrected chi connectivity index (χ0v) is 12.7.